The summed E-state index contributed by atoms with van der Waals surface area (Å²) >= 11 is 18.1. The molecule has 4 nitrogen and oxygen atoms in total. The van der Waals surface area contributed by atoms with Gasteiger partial charge in [-0.25, -0.2) is 0 Å². The maximum atomic E-state index is 10.7. The van der Waals surface area contributed by atoms with Crippen LogP contribution in [-0.4, -0.2) is 45.5 Å². The minimum atomic E-state index is -1.96. The molecule has 0 amide bonds. The van der Waals surface area contributed by atoms with Crippen LogP contribution < -0.4 is 4.74 Å². The van der Waals surface area contributed by atoms with Gasteiger partial charge in [-0.15, -0.1) is 0 Å². The highest BCUT2D eigenvalue weighted by atomic mass is 35.5. The summed E-state index contributed by atoms with van der Waals surface area (Å²) in [5.74, 6) is 0.368. The van der Waals surface area contributed by atoms with E-state index in [-0.39, 0.29) is 11.6 Å². The molecule has 2 atom stereocenters. The first-order chi connectivity index (χ1) is 12.9. The number of aliphatic hydroxyl groups excluding tert-OH is 1. The molecule has 8 heteroatoms. The molecule has 0 unspecified atom stereocenters. The molecule has 162 valence electrons. The first-order valence-corrected chi connectivity index (χ1v) is 13.6. The Kier molecular flexibility index (Phi) is 10.6. The van der Waals surface area contributed by atoms with Gasteiger partial charge >= 0.3 is 0 Å². The van der Waals surface area contributed by atoms with Crippen LogP contribution in [0.4, 0.5) is 0 Å². The molecule has 0 aliphatic heterocycles. The lowest BCUT2D eigenvalue weighted by molar-refractivity contribution is -0.0741. The summed E-state index contributed by atoms with van der Waals surface area (Å²) in [6.07, 6.45) is 0.582. The second kappa shape index (κ2) is 11.4. The number of hydrogen-bond donors (Lipinski definition) is 1. The smallest absolute Gasteiger partial charge is 0.192 e. The summed E-state index contributed by atoms with van der Waals surface area (Å²) in [4.78, 5) is 0. The highest BCUT2D eigenvalue weighted by Gasteiger charge is 2.38. The molecule has 28 heavy (non-hydrogen) atoms. The maximum Gasteiger partial charge on any atom is 0.192 e. The first kappa shape index (κ1) is 26.0. The minimum absolute atomic E-state index is 0.00926. The quantitative estimate of drug-likeness (QED) is 0.224. The van der Waals surface area contributed by atoms with E-state index in [0.717, 1.165) is 12.8 Å². The fourth-order valence-electron chi connectivity index (χ4n) is 2.05. The van der Waals surface area contributed by atoms with E-state index in [2.05, 4.69) is 40.8 Å². The molecule has 0 bridgehead atoms. The van der Waals surface area contributed by atoms with Crippen molar-refractivity contribution in [1.29, 1.82) is 0 Å². The monoisotopic (exact) mass is 470 g/mol. The molecule has 1 rings (SSSR count). The number of aliphatic hydroxyl groups is 1. The van der Waals surface area contributed by atoms with Crippen molar-refractivity contribution >= 4 is 43.1 Å². The van der Waals surface area contributed by atoms with Crippen LogP contribution in [0.5, 0.6) is 5.75 Å². The molecule has 0 aliphatic rings. The van der Waals surface area contributed by atoms with Crippen molar-refractivity contribution in [3.8, 4) is 5.75 Å². The molecule has 0 aromatic heterocycles. The van der Waals surface area contributed by atoms with E-state index >= 15 is 0 Å². The summed E-state index contributed by atoms with van der Waals surface area (Å²) < 4.78 is 17.8. The zero-order chi connectivity index (χ0) is 21.5. The van der Waals surface area contributed by atoms with E-state index in [9.17, 15) is 5.11 Å². The van der Waals surface area contributed by atoms with Crippen LogP contribution in [0.2, 0.25) is 33.2 Å². The Hall–Kier alpha value is -0.0131. The average Bonchev–Trinajstić information content (AvgIpc) is 2.58. The molecule has 0 fully saturated rings. The van der Waals surface area contributed by atoms with Gasteiger partial charge in [-0.05, 0) is 30.6 Å². The molecule has 1 aromatic carbocycles. The van der Waals surface area contributed by atoms with Crippen LogP contribution in [0.1, 0.15) is 40.5 Å². The number of ether oxygens (including phenoxy) is 2. The summed E-state index contributed by atoms with van der Waals surface area (Å²) in [6, 6.07) is 3.06. The Morgan fingerprint density at radius 3 is 2.21 bits per heavy atom. The second-order valence-electron chi connectivity index (χ2n) is 8.41. The van der Waals surface area contributed by atoms with Crippen molar-refractivity contribution in [2.45, 2.75) is 70.9 Å². The van der Waals surface area contributed by atoms with Gasteiger partial charge in [0, 0.05) is 12.7 Å². The van der Waals surface area contributed by atoms with Gasteiger partial charge in [-0.1, -0.05) is 68.9 Å². The first-order valence-electron chi connectivity index (χ1n) is 9.60. The SMILES string of the molecule is CCCCO[C@@H](CO[Si](C)(C)C(C)(C)C)[C@H](O)COc1cc(Cl)c(Cl)cc1Cl. The normalized spacial score (nSPS) is 14.8. The molecular weight excluding hydrogens is 439 g/mol. The van der Waals surface area contributed by atoms with E-state index in [1.807, 2.05) is 0 Å². The molecular formula is C20H33Cl3O4Si. The lowest BCUT2D eigenvalue weighted by Gasteiger charge is -2.37. The van der Waals surface area contributed by atoms with Crippen molar-refractivity contribution in [3.63, 3.8) is 0 Å². The van der Waals surface area contributed by atoms with Crippen LogP contribution in [0.25, 0.3) is 0 Å². The standard InChI is InChI=1S/C20H33Cl3O4Si/c1-7-8-9-25-19(13-27-28(5,6)20(2,3)4)17(24)12-26-18-11-15(22)14(21)10-16(18)23/h10-11,17,19,24H,7-9,12-13H2,1-6H3/t17-,19+/m1/s1. The predicted molar refractivity (Wildman–Crippen MR) is 121 cm³/mol. The fourth-order valence-corrected chi connectivity index (χ4v) is 3.66. The van der Waals surface area contributed by atoms with E-state index in [4.69, 9.17) is 48.7 Å². The lowest BCUT2D eigenvalue weighted by atomic mass is 10.2. The van der Waals surface area contributed by atoms with Crippen molar-refractivity contribution in [2.24, 2.45) is 0 Å². The Labute approximate surface area is 185 Å². The number of hydrogen-bond acceptors (Lipinski definition) is 4. The van der Waals surface area contributed by atoms with Gasteiger partial charge in [0.15, 0.2) is 8.32 Å². The highest BCUT2D eigenvalue weighted by molar-refractivity contribution is 6.74. The topological polar surface area (TPSA) is 47.9 Å². The lowest BCUT2D eigenvalue weighted by Crippen LogP contribution is -2.46. The van der Waals surface area contributed by atoms with E-state index in [1.165, 1.54) is 12.1 Å². The van der Waals surface area contributed by atoms with Crippen molar-refractivity contribution in [2.75, 3.05) is 19.8 Å². The molecule has 0 saturated carbocycles. The molecule has 1 N–H and O–H groups in total. The van der Waals surface area contributed by atoms with Gasteiger partial charge in [-0.3, -0.25) is 0 Å². The van der Waals surface area contributed by atoms with Crippen LogP contribution in [0, 0.1) is 0 Å². The number of unbranched alkanes of at least 4 members (excludes halogenated alkanes) is 1. The highest BCUT2D eigenvalue weighted by Crippen LogP contribution is 2.37. The van der Waals surface area contributed by atoms with Crippen molar-refractivity contribution < 1.29 is 19.0 Å². The van der Waals surface area contributed by atoms with Crippen molar-refractivity contribution in [1.82, 2.24) is 0 Å². The van der Waals surface area contributed by atoms with E-state index < -0.39 is 20.5 Å². The third kappa shape index (κ3) is 8.02. The predicted octanol–water partition coefficient (Wildman–Crippen LogP) is 6.59. The molecule has 0 saturated heterocycles. The summed E-state index contributed by atoms with van der Waals surface area (Å²) in [7, 11) is -1.96. The molecule has 0 spiro atoms. The zero-order valence-electron chi connectivity index (χ0n) is 17.7. The maximum absolute atomic E-state index is 10.7. The Morgan fingerprint density at radius 1 is 1.04 bits per heavy atom. The van der Waals surface area contributed by atoms with E-state index in [0.29, 0.717) is 34.0 Å². The zero-order valence-corrected chi connectivity index (χ0v) is 20.9. The minimum Gasteiger partial charge on any atom is -0.489 e. The van der Waals surface area contributed by atoms with E-state index in [1.54, 1.807) is 0 Å². The van der Waals surface area contributed by atoms with Crippen LogP contribution in [-0.2, 0) is 9.16 Å². The largest absolute Gasteiger partial charge is 0.489 e. The van der Waals surface area contributed by atoms with Gasteiger partial charge in [0.25, 0.3) is 0 Å². The van der Waals surface area contributed by atoms with Gasteiger partial charge < -0.3 is 19.0 Å². The Balaban J connectivity index is 2.76. The molecule has 0 heterocycles. The molecule has 0 aliphatic carbocycles. The average molecular weight is 472 g/mol. The number of rotatable bonds is 11. The summed E-state index contributed by atoms with van der Waals surface area (Å²) in [6.45, 7) is 13.9. The summed E-state index contributed by atoms with van der Waals surface area (Å²) in [5, 5.41) is 11.8. The van der Waals surface area contributed by atoms with Gasteiger partial charge in [0.2, 0.25) is 0 Å². The fraction of sp³-hybridized carbons (Fsp3) is 0.700. The summed E-state index contributed by atoms with van der Waals surface area (Å²) in [5.41, 5.74) is 0. The van der Waals surface area contributed by atoms with Crippen LogP contribution in [0.15, 0.2) is 12.1 Å². The number of halogens is 3. The van der Waals surface area contributed by atoms with Gasteiger partial charge in [-0.2, -0.15) is 0 Å². The Morgan fingerprint density at radius 2 is 1.64 bits per heavy atom. The third-order valence-corrected chi connectivity index (χ3v) is 10.6. The van der Waals surface area contributed by atoms with Crippen LogP contribution >= 0.6 is 34.8 Å². The Bertz CT molecular complexity index is 620. The second-order valence-corrected chi connectivity index (χ2v) is 14.4. The molecule has 0 radical (unpaired) electrons. The van der Waals surface area contributed by atoms with Crippen LogP contribution in [0.3, 0.4) is 0 Å². The van der Waals surface area contributed by atoms with Gasteiger partial charge in [0.05, 0.1) is 21.7 Å². The number of benzene rings is 1. The van der Waals surface area contributed by atoms with Crippen molar-refractivity contribution in [3.05, 3.63) is 27.2 Å². The van der Waals surface area contributed by atoms with Gasteiger partial charge in [0.1, 0.15) is 24.6 Å². The third-order valence-electron chi connectivity index (χ3n) is 5.06. The molecule has 1 aromatic rings.